The smallest absolute Gasteiger partial charge is 0.252 e. The Labute approximate surface area is 138 Å². The van der Waals surface area contributed by atoms with Crippen molar-refractivity contribution in [3.8, 4) is 11.5 Å². The van der Waals surface area contributed by atoms with E-state index in [2.05, 4.69) is 15.5 Å². The third kappa shape index (κ3) is 3.57. The first kappa shape index (κ1) is 15.2. The summed E-state index contributed by atoms with van der Waals surface area (Å²) in [5.41, 5.74) is 2.02. The highest BCUT2D eigenvalue weighted by atomic mass is 35.5. The average molecular weight is 328 g/mol. The van der Waals surface area contributed by atoms with Crippen LogP contribution in [0.25, 0.3) is 11.5 Å². The molecule has 0 spiro atoms. The molecule has 0 atom stereocenters. The molecule has 1 heterocycles. The number of hydrogen-bond acceptors (Lipinski definition) is 4. The van der Waals surface area contributed by atoms with Gasteiger partial charge in [0.15, 0.2) is 0 Å². The van der Waals surface area contributed by atoms with Crippen LogP contribution >= 0.6 is 11.6 Å². The first-order valence-electron chi connectivity index (χ1n) is 7.05. The number of nitrogens with zero attached hydrogens (tertiary/aromatic N) is 2. The Bertz CT molecular complexity index is 845. The van der Waals surface area contributed by atoms with Crippen LogP contribution < -0.4 is 5.32 Å². The van der Waals surface area contributed by atoms with Gasteiger partial charge in [0.25, 0.3) is 5.91 Å². The zero-order valence-corrected chi connectivity index (χ0v) is 13.2. The van der Waals surface area contributed by atoms with E-state index >= 15 is 0 Å². The monoisotopic (exact) mass is 327 g/mol. The molecule has 0 aliphatic heterocycles. The summed E-state index contributed by atoms with van der Waals surface area (Å²) in [5.74, 6) is 0.571. The van der Waals surface area contributed by atoms with Crippen molar-refractivity contribution in [2.24, 2.45) is 0 Å². The molecule has 0 unspecified atom stereocenters. The summed E-state index contributed by atoms with van der Waals surface area (Å²) in [5, 5.41) is 11.3. The standard InChI is InChI=1S/C17H14ClN3O2/c1-11-20-21-17(23-11)15-8-3-2-7-14(15)16(22)19-10-12-5-4-6-13(18)9-12/h2-9H,10H2,1H3,(H,19,22). The number of benzene rings is 2. The fourth-order valence-electron chi connectivity index (χ4n) is 2.20. The summed E-state index contributed by atoms with van der Waals surface area (Å²) < 4.78 is 5.42. The normalized spacial score (nSPS) is 10.5. The van der Waals surface area contributed by atoms with Crippen LogP contribution in [0.4, 0.5) is 0 Å². The van der Waals surface area contributed by atoms with E-state index in [0.717, 1.165) is 5.56 Å². The largest absolute Gasteiger partial charge is 0.421 e. The lowest BCUT2D eigenvalue weighted by Crippen LogP contribution is -2.23. The van der Waals surface area contributed by atoms with Crippen molar-refractivity contribution >= 4 is 17.5 Å². The quantitative estimate of drug-likeness (QED) is 0.794. The Morgan fingerprint density at radius 1 is 1.17 bits per heavy atom. The van der Waals surface area contributed by atoms with Crippen molar-refractivity contribution < 1.29 is 9.21 Å². The number of hydrogen-bond donors (Lipinski definition) is 1. The van der Waals surface area contributed by atoms with Gasteiger partial charge in [-0.05, 0) is 29.8 Å². The molecule has 23 heavy (non-hydrogen) atoms. The molecule has 0 aliphatic rings. The van der Waals surface area contributed by atoms with E-state index in [0.29, 0.717) is 34.5 Å². The second-order valence-electron chi connectivity index (χ2n) is 4.98. The molecule has 1 amide bonds. The van der Waals surface area contributed by atoms with Crippen LogP contribution in [0.3, 0.4) is 0 Å². The maximum absolute atomic E-state index is 12.5. The lowest BCUT2D eigenvalue weighted by molar-refractivity contribution is 0.0951. The van der Waals surface area contributed by atoms with Crippen LogP contribution in [0.1, 0.15) is 21.8 Å². The Balaban J connectivity index is 1.80. The van der Waals surface area contributed by atoms with Crippen molar-refractivity contribution in [2.45, 2.75) is 13.5 Å². The van der Waals surface area contributed by atoms with Crippen LogP contribution in [0.5, 0.6) is 0 Å². The maximum atomic E-state index is 12.5. The molecule has 1 N–H and O–H groups in total. The highest BCUT2D eigenvalue weighted by molar-refractivity contribution is 6.30. The topological polar surface area (TPSA) is 68.0 Å². The van der Waals surface area contributed by atoms with E-state index in [4.69, 9.17) is 16.0 Å². The lowest BCUT2D eigenvalue weighted by Gasteiger charge is -2.08. The number of aryl methyl sites for hydroxylation is 1. The Morgan fingerprint density at radius 3 is 2.74 bits per heavy atom. The maximum Gasteiger partial charge on any atom is 0.252 e. The zero-order chi connectivity index (χ0) is 16.2. The number of amides is 1. The van der Waals surface area contributed by atoms with Crippen molar-refractivity contribution in [1.29, 1.82) is 0 Å². The molecular weight excluding hydrogens is 314 g/mol. The van der Waals surface area contributed by atoms with Gasteiger partial charge in [-0.1, -0.05) is 35.9 Å². The third-order valence-electron chi connectivity index (χ3n) is 3.27. The van der Waals surface area contributed by atoms with E-state index in [-0.39, 0.29) is 5.91 Å². The van der Waals surface area contributed by atoms with Gasteiger partial charge in [0.1, 0.15) is 0 Å². The van der Waals surface area contributed by atoms with Gasteiger partial charge in [0.2, 0.25) is 11.8 Å². The summed E-state index contributed by atoms with van der Waals surface area (Å²) >= 11 is 5.94. The highest BCUT2D eigenvalue weighted by Gasteiger charge is 2.16. The van der Waals surface area contributed by atoms with Gasteiger partial charge in [0.05, 0.1) is 11.1 Å². The van der Waals surface area contributed by atoms with Crippen LogP contribution in [0.2, 0.25) is 5.02 Å². The first-order chi connectivity index (χ1) is 11.1. The Kier molecular flexibility index (Phi) is 4.39. The minimum Gasteiger partial charge on any atom is -0.421 e. The number of nitrogens with one attached hydrogen (secondary N) is 1. The van der Waals surface area contributed by atoms with Gasteiger partial charge in [-0.25, -0.2) is 0 Å². The zero-order valence-electron chi connectivity index (χ0n) is 12.4. The van der Waals surface area contributed by atoms with Crippen LogP contribution in [-0.2, 0) is 6.54 Å². The Hall–Kier alpha value is -2.66. The summed E-state index contributed by atoms with van der Waals surface area (Å²) in [7, 11) is 0. The minimum absolute atomic E-state index is 0.212. The SMILES string of the molecule is Cc1nnc(-c2ccccc2C(=O)NCc2cccc(Cl)c2)o1. The molecule has 0 aliphatic carbocycles. The molecule has 0 fully saturated rings. The number of rotatable bonds is 4. The van der Waals surface area contributed by atoms with Crippen molar-refractivity contribution in [3.63, 3.8) is 0 Å². The van der Waals surface area contributed by atoms with Gasteiger partial charge in [-0.3, -0.25) is 4.79 Å². The number of carbonyl (C=O) groups excluding carboxylic acids is 1. The van der Waals surface area contributed by atoms with Crippen molar-refractivity contribution in [1.82, 2.24) is 15.5 Å². The fourth-order valence-corrected chi connectivity index (χ4v) is 2.41. The molecule has 0 bridgehead atoms. The molecule has 6 heteroatoms. The van der Waals surface area contributed by atoms with E-state index in [9.17, 15) is 4.79 Å². The van der Waals surface area contributed by atoms with Crippen molar-refractivity contribution in [3.05, 3.63) is 70.6 Å². The second-order valence-corrected chi connectivity index (χ2v) is 5.42. The van der Waals surface area contributed by atoms with E-state index in [1.165, 1.54) is 0 Å². The molecule has 3 rings (SSSR count). The minimum atomic E-state index is -0.212. The number of halogens is 1. The van der Waals surface area contributed by atoms with Crippen molar-refractivity contribution in [2.75, 3.05) is 0 Å². The summed E-state index contributed by atoms with van der Waals surface area (Å²) in [4.78, 5) is 12.5. The van der Waals surface area contributed by atoms with E-state index in [1.54, 1.807) is 31.2 Å². The molecular formula is C17H14ClN3O2. The van der Waals surface area contributed by atoms with E-state index in [1.807, 2.05) is 24.3 Å². The van der Waals surface area contributed by atoms with Gasteiger partial charge in [-0.2, -0.15) is 0 Å². The molecule has 1 aromatic heterocycles. The summed E-state index contributed by atoms with van der Waals surface area (Å²) in [6.45, 7) is 2.09. The summed E-state index contributed by atoms with van der Waals surface area (Å²) in [6, 6.07) is 14.5. The van der Waals surface area contributed by atoms with Gasteiger partial charge >= 0.3 is 0 Å². The van der Waals surface area contributed by atoms with Crippen LogP contribution in [0.15, 0.2) is 52.9 Å². The van der Waals surface area contributed by atoms with Gasteiger partial charge < -0.3 is 9.73 Å². The van der Waals surface area contributed by atoms with Crippen LogP contribution in [-0.4, -0.2) is 16.1 Å². The van der Waals surface area contributed by atoms with Gasteiger partial charge in [-0.15, -0.1) is 10.2 Å². The lowest BCUT2D eigenvalue weighted by atomic mass is 10.1. The first-order valence-corrected chi connectivity index (χ1v) is 7.43. The molecule has 2 aromatic carbocycles. The fraction of sp³-hybridized carbons (Fsp3) is 0.118. The number of carbonyl (C=O) groups is 1. The molecule has 3 aromatic rings. The predicted octanol–water partition coefficient (Wildman–Crippen LogP) is 3.63. The summed E-state index contributed by atoms with van der Waals surface area (Å²) in [6.07, 6.45) is 0. The molecule has 5 nitrogen and oxygen atoms in total. The molecule has 0 radical (unpaired) electrons. The predicted molar refractivity (Wildman–Crippen MR) is 87.1 cm³/mol. The molecule has 116 valence electrons. The van der Waals surface area contributed by atoms with Gasteiger partial charge in [0, 0.05) is 18.5 Å². The highest BCUT2D eigenvalue weighted by Crippen LogP contribution is 2.22. The second kappa shape index (κ2) is 6.62. The van der Waals surface area contributed by atoms with Crippen LogP contribution in [0, 0.1) is 6.92 Å². The van der Waals surface area contributed by atoms with E-state index < -0.39 is 0 Å². The average Bonchev–Trinajstić information content (AvgIpc) is 2.99. The molecule has 0 saturated carbocycles. The Morgan fingerprint density at radius 2 is 2.00 bits per heavy atom. The third-order valence-corrected chi connectivity index (χ3v) is 3.51. The molecule has 0 saturated heterocycles. The number of aromatic nitrogens is 2.